The zero-order chi connectivity index (χ0) is 14.6. The summed E-state index contributed by atoms with van der Waals surface area (Å²) in [6.45, 7) is 2.85. The van der Waals surface area contributed by atoms with Gasteiger partial charge in [-0.05, 0) is 42.5 Å². The van der Waals surface area contributed by atoms with Crippen LogP contribution in [0.25, 0.3) is 0 Å². The van der Waals surface area contributed by atoms with Crippen LogP contribution in [0.1, 0.15) is 36.5 Å². The van der Waals surface area contributed by atoms with Crippen molar-refractivity contribution in [2.75, 3.05) is 18.8 Å². The molecule has 1 aromatic carbocycles. The third kappa shape index (κ3) is 3.73. The van der Waals surface area contributed by atoms with Crippen molar-refractivity contribution in [2.45, 2.75) is 26.2 Å². The van der Waals surface area contributed by atoms with Crippen molar-refractivity contribution in [3.63, 3.8) is 0 Å². The minimum absolute atomic E-state index is 0.000705. The minimum atomic E-state index is -0.269. The Hall–Kier alpha value is -2.04. The lowest BCUT2D eigenvalue weighted by atomic mass is 9.70. The molecule has 0 saturated heterocycles. The van der Waals surface area contributed by atoms with Crippen LogP contribution in [-0.4, -0.2) is 24.9 Å². The zero-order valence-corrected chi connectivity index (χ0v) is 11.7. The molecule has 20 heavy (non-hydrogen) atoms. The summed E-state index contributed by atoms with van der Waals surface area (Å²) in [4.78, 5) is 23.5. The van der Waals surface area contributed by atoms with E-state index in [0.717, 1.165) is 12.8 Å². The maximum Gasteiger partial charge on any atom is 0.251 e. The first-order chi connectivity index (χ1) is 9.48. The molecule has 1 saturated carbocycles. The van der Waals surface area contributed by atoms with Gasteiger partial charge in [-0.15, -0.1) is 0 Å². The summed E-state index contributed by atoms with van der Waals surface area (Å²) in [5.41, 5.74) is 6.90. The lowest BCUT2D eigenvalue weighted by molar-refractivity contribution is -0.120. The average Bonchev–Trinajstić information content (AvgIpc) is 2.41. The van der Waals surface area contributed by atoms with Crippen LogP contribution in [0.3, 0.4) is 0 Å². The molecule has 2 amide bonds. The van der Waals surface area contributed by atoms with E-state index in [9.17, 15) is 9.59 Å². The first-order valence-corrected chi connectivity index (χ1v) is 6.89. The van der Waals surface area contributed by atoms with Crippen LogP contribution in [0.5, 0.6) is 0 Å². The Morgan fingerprint density at radius 3 is 2.40 bits per heavy atom. The van der Waals surface area contributed by atoms with Crippen molar-refractivity contribution in [2.24, 2.45) is 5.41 Å². The molecule has 0 bridgehead atoms. The molecular weight excluding hydrogens is 254 g/mol. The number of carbonyl (C=O) groups is 2. The Kier molecular flexibility index (Phi) is 4.27. The maximum absolute atomic E-state index is 11.8. The van der Waals surface area contributed by atoms with Crippen molar-refractivity contribution in [3.05, 3.63) is 29.8 Å². The minimum Gasteiger partial charge on any atom is -0.399 e. The quantitative estimate of drug-likeness (QED) is 0.708. The van der Waals surface area contributed by atoms with E-state index in [2.05, 4.69) is 17.6 Å². The van der Waals surface area contributed by atoms with Crippen molar-refractivity contribution >= 4 is 17.5 Å². The number of amides is 2. The third-order valence-corrected chi connectivity index (χ3v) is 3.86. The standard InChI is InChI=1S/C15H21N3O2/c1-15(7-2-8-15)10-18-13(19)9-17-14(20)11-3-5-12(16)6-4-11/h3-6H,2,7-10,16H2,1H3,(H,17,20)(H,18,19). The van der Waals surface area contributed by atoms with Gasteiger partial charge in [0.05, 0.1) is 6.54 Å². The van der Waals surface area contributed by atoms with Crippen LogP contribution < -0.4 is 16.4 Å². The largest absolute Gasteiger partial charge is 0.399 e. The molecule has 1 aromatic rings. The van der Waals surface area contributed by atoms with E-state index >= 15 is 0 Å². The van der Waals surface area contributed by atoms with E-state index < -0.39 is 0 Å². The molecule has 0 spiro atoms. The Labute approximate surface area is 118 Å². The fourth-order valence-corrected chi connectivity index (χ4v) is 2.23. The van der Waals surface area contributed by atoms with E-state index in [-0.39, 0.29) is 23.8 Å². The summed E-state index contributed by atoms with van der Waals surface area (Å²) in [6.07, 6.45) is 3.55. The second-order valence-electron chi connectivity index (χ2n) is 5.75. The SMILES string of the molecule is CC1(CNC(=O)CNC(=O)c2ccc(N)cc2)CCC1. The number of anilines is 1. The number of rotatable bonds is 5. The van der Waals surface area contributed by atoms with E-state index in [1.165, 1.54) is 6.42 Å². The van der Waals surface area contributed by atoms with Gasteiger partial charge in [0.2, 0.25) is 5.91 Å². The van der Waals surface area contributed by atoms with Gasteiger partial charge in [0.15, 0.2) is 0 Å². The lowest BCUT2D eigenvalue weighted by Gasteiger charge is -2.38. The smallest absolute Gasteiger partial charge is 0.251 e. The second-order valence-corrected chi connectivity index (χ2v) is 5.75. The van der Waals surface area contributed by atoms with Crippen LogP contribution in [0.15, 0.2) is 24.3 Å². The highest BCUT2D eigenvalue weighted by molar-refractivity contribution is 5.96. The molecule has 5 nitrogen and oxygen atoms in total. The van der Waals surface area contributed by atoms with Crippen molar-refractivity contribution < 1.29 is 9.59 Å². The molecule has 0 unspecified atom stereocenters. The first-order valence-electron chi connectivity index (χ1n) is 6.89. The highest BCUT2D eigenvalue weighted by Crippen LogP contribution is 2.39. The van der Waals surface area contributed by atoms with Crippen molar-refractivity contribution in [3.8, 4) is 0 Å². The Balaban J connectivity index is 1.72. The van der Waals surface area contributed by atoms with Gasteiger partial charge >= 0.3 is 0 Å². The van der Waals surface area contributed by atoms with Gasteiger partial charge in [-0.25, -0.2) is 0 Å². The normalized spacial score (nSPS) is 16.1. The monoisotopic (exact) mass is 275 g/mol. The lowest BCUT2D eigenvalue weighted by Crippen LogP contribution is -2.43. The van der Waals surface area contributed by atoms with Gasteiger partial charge in [0, 0.05) is 17.8 Å². The number of nitrogens with two attached hydrogens (primary N) is 1. The third-order valence-electron chi connectivity index (χ3n) is 3.86. The molecular formula is C15H21N3O2. The molecule has 108 valence electrons. The van der Waals surface area contributed by atoms with Crippen LogP contribution in [0, 0.1) is 5.41 Å². The number of carbonyl (C=O) groups excluding carboxylic acids is 2. The Morgan fingerprint density at radius 2 is 1.85 bits per heavy atom. The molecule has 5 heteroatoms. The van der Waals surface area contributed by atoms with Gasteiger partial charge in [0.1, 0.15) is 0 Å². The van der Waals surface area contributed by atoms with E-state index in [1.54, 1.807) is 24.3 Å². The van der Waals surface area contributed by atoms with Crippen LogP contribution in [0.2, 0.25) is 0 Å². The van der Waals surface area contributed by atoms with Crippen LogP contribution in [-0.2, 0) is 4.79 Å². The summed E-state index contributed by atoms with van der Waals surface area (Å²) < 4.78 is 0. The Bertz CT molecular complexity index is 492. The first kappa shape index (κ1) is 14.4. The predicted octanol–water partition coefficient (Wildman–Crippen LogP) is 1.30. The number of benzene rings is 1. The molecule has 0 radical (unpaired) electrons. The number of nitrogens with one attached hydrogen (secondary N) is 2. The molecule has 0 heterocycles. The maximum atomic E-state index is 11.8. The van der Waals surface area contributed by atoms with Gasteiger partial charge in [0.25, 0.3) is 5.91 Å². The zero-order valence-electron chi connectivity index (χ0n) is 11.7. The molecule has 1 aliphatic rings. The summed E-state index contributed by atoms with van der Waals surface area (Å²) >= 11 is 0. The van der Waals surface area contributed by atoms with Crippen LogP contribution >= 0.6 is 0 Å². The summed E-state index contributed by atoms with van der Waals surface area (Å²) in [5, 5.41) is 5.47. The molecule has 0 atom stereocenters. The van der Waals surface area contributed by atoms with Crippen molar-refractivity contribution in [1.82, 2.24) is 10.6 Å². The van der Waals surface area contributed by atoms with Crippen LogP contribution in [0.4, 0.5) is 5.69 Å². The second kappa shape index (κ2) is 5.94. The van der Waals surface area contributed by atoms with Crippen molar-refractivity contribution in [1.29, 1.82) is 0 Å². The van der Waals surface area contributed by atoms with Gasteiger partial charge in [-0.1, -0.05) is 13.3 Å². The topological polar surface area (TPSA) is 84.2 Å². The van der Waals surface area contributed by atoms with Gasteiger partial charge < -0.3 is 16.4 Å². The van der Waals surface area contributed by atoms with E-state index in [0.29, 0.717) is 17.8 Å². The fourth-order valence-electron chi connectivity index (χ4n) is 2.23. The molecule has 0 aliphatic heterocycles. The molecule has 4 N–H and O–H groups in total. The summed E-state index contributed by atoms with van der Waals surface area (Å²) in [7, 11) is 0. The molecule has 1 aliphatic carbocycles. The number of hydrogen-bond acceptors (Lipinski definition) is 3. The number of nitrogen functional groups attached to an aromatic ring is 1. The molecule has 2 rings (SSSR count). The van der Waals surface area contributed by atoms with Gasteiger partial charge in [-0.3, -0.25) is 9.59 Å². The average molecular weight is 275 g/mol. The highest BCUT2D eigenvalue weighted by atomic mass is 16.2. The summed E-state index contributed by atoms with van der Waals surface area (Å²) in [6, 6.07) is 6.59. The van der Waals surface area contributed by atoms with E-state index in [1.807, 2.05) is 0 Å². The molecule has 1 fully saturated rings. The number of hydrogen-bond donors (Lipinski definition) is 3. The van der Waals surface area contributed by atoms with Gasteiger partial charge in [-0.2, -0.15) is 0 Å². The fraction of sp³-hybridized carbons (Fsp3) is 0.467. The molecule has 0 aromatic heterocycles. The predicted molar refractivity (Wildman–Crippen MR) is 78.2 cm³/mol. The van der Waals surface area contributed by atoms with E-state index in [4.69, 9.17) is 5.73 Å². The summed E-state index contributed by atoms with van der Waals surface area (Å²) in [5.74, 6) is -0.420. The highest BCUT2D eigenvalue weighted by Gasteiger charge is 2.31. The Morgan fingerprint density at radius 1 is 1.20 bits per heavy atom.